The summed E-state index contributed by atoms with van der Waals surface area (Å²) in [6.45, 7) is 4.47. The second kappa shape index (κ2) is 10.1. The number of fused-ring (bicyclic) bond motifs is 1. The Kier molecular flexibility index (Phi) is 6.99. The molecule has 1 aromatic carbocycles. The van der Waals surface area contributed by atoms with Crippen LogP contribution in [0.15, 0.2) is 46.3 Å². The Morgan fingerprint density at radius 3 is 2.58 bits per heavy atom. The van der Waals surface area contributed by atoms with E-state index in [1.165, 1.54) is 11.1 Å². The van der Waals surface area contributed by atoms with Crippen LogP contribution >= 0.6 is 27.7 Å². The monoisotopic (exact) mass is 528 g/mol. The minimum Gasteiger partial charge on any atom is -0.342 e. The molecule has 9 heteroatoms. The number of thioether (sulfide) groups is 1. The van der Waals surface area contributed by atoms with E-state index in [-0.39, 0.29) is 5.92 Å². The molecule has 0 bridgehead atoms. The lowest BCUT2D eigenvalue weighted by molar-refractivity contribution is -0.138. The zero-order valence-corrected chi connectivity index (χ0v) is 21.3. The number of aromatic nitrogens is 4. The van der Waals surface area contributed by atoms with Gasteiger partial charge >= 0.3 is 0 Å². The minimum atomic E-state index is 0.154. The van der Waals surface area contributed by atoms with E-state index in [0.717, 1.165) is 73.6 Å². The lowest BCUT2D eigenvalue weighted by atomic mass is 9.93. The van der Waals surface area contributed by atoms with Crippen LogP contribution in [0.4, 0.5) is 0 Å². The summed E-state index contributed by atoms with van der Waals surface area (Å²) in [5, 5.41) is 8.87. The van der Waals surface area contributed by atoms with Gasteiger partial charge in [0.25, 0.3) is 0 Å². The Morgan fingerprint density at radius 1 is 1.09 bits per heavy atom. The van der Waals surface area contributed by atoms with Gasteiger partial charge in [-0.1, -0.05) is 27.7 Å². The SMILES string of the molecule is CSc1nc2cc(Br)ccc2n1C1CCN(C(=O)C2CCN(Cc3ccnnc3)CC2)CC1. The molecule has 2 saturated heterocycles. The van der Waals surface area contributed by atoms with Crippen LogP contribution in [0.3, 0.4) is 0 Å². The van der Waals surface area contributed by atoms with Crippen LogP contribution in [-0.2, 0) is 11.3 Å². The van der Waals surface area contributed by atoms with E-state index in [4.69, 9.17) is 4.98 Å². The molecular formula is C24H29BrN6OS. The average Bonchev–Trinajstić information content (AvgIpc) is 3.22. The highest BCUT2D eigenvalue weighted by Gasteiger charge is 2.32. The summed E-state index contributed by atoms with van der Waals surface area (Å²) in [4.78, 5) is 22.6. The third-order valence-electron chi connectivity index (χ3n) is 6.93. The number of piperidine rings is 2. The number of hydrogen-bond donors (Lipinski definition) is 0. The standard InChI is InChI=1S/C24H29BrN6OS/c1-33-24-28-21-14-19(25)2-3-22(21)31(24)20-7-12-30(13-8-20)23(32)18-5-10-29(11-6-18)16-17-4-9-26-27-15-17/h2-4,9,14-15,18,20H,5-8,10-13,16H2,1H3. The van der Waals surface area contributed by atoms with Crippen molar-refractivity contribution in [2.45, 2.75) is 43.4 Å². The van der Waals surface area contributed by atoms with Gasteiger partial charge in [-0.15, -0.1) is 0 Å². The summed E-state index contributed by atoms with van der Waals surface area (Å²) in [7, 11) is 0. The maximum absolute atomic E-state index is 13.2. The molecule has 2 fully saturated rings. The predicted octanol–water partition coefficient (Wildman–Crippen LogP) is 4.39. The minimum absolute atomic E-state index is 0.154. The number of amides is 1. The highest BCUT2D eigenvalue weighted by Crippen LogP contribution is 2.34. The second-order valence-electron chi connectivity index (χ2n) is 8.96. The molecule has 0 spiro atoms. The topological polar surface area (TPSA) is 67.2 Å². The molecule has 33 heavy (non-hydrogen) atoms. The maximum atomic E-state index is 13.2. The van der Waals surface area contributed by atoms with Gasteiger partial charge < -0.3 is 9.47 Å². The largest absolute Gasteiger partial charge is 0.342 e. The van der Waals surface area contributed by atoms with Crippen molar-refractivity contribution in [2.24, 2.45) is 5.92 Å². The van der Waals surface area contributed by atoms with E-state index in [2.05, 4.69) is 64.9 Å². The van der Waals surface area contributed by atoms with Gasteiger partial charge in [0.2, 0.25) is 5.91 Å². The lowest BCUT2D eigenvalue weighted by Crippen LogP contribution is -2.45. The molecule has 0 unspecified atom stereocenters. The van der Waals surface area contributed by atoms with Gasteiger partial charge in [0.05, 0.1) is 17.2 Å². The van der Waals surface area contributed by atoms with Gasteiger partial charge in [-0.2, -0.15) is 10.2 Å². The van der Waals surface area contributed by atoms with Crippen molar-refractivity contribution in [2.75, 3.05) is 32.4 Å². The smallest absolute Gasteiger partial charge is 0.225 e. The van der Waals surface area contributed by atoms with Gasteiger partial charge in [-0.3, -0.25) is 9.69 Å². The first kappa shape index (κ1) is 22.8. The van der Waals surface area contributed by atoms with E-state index in [9.17, 15) is 4.79 Å². The van der Waals surface area contributed by atoms with Crippen LogP contribution in [0.25, 0.3) is 11.0 Å². The molecular weight excluding hydrogens is 500 g/mol. The molecule has 2 aliphatic heterocycles. The molecule has 0 saturated carbocycles. The molecule has 2 aromatic heterocycles. The third-order valence-corrected chi connectivity index (χ3v) is 8.08. The number of imidazole rings is 1. The van der Waals surface area contributed by atoms with Crippen molar-refractivity contribution < 1.29 is 4.79 Å². The lowest BCUT2D eigenvalue weighted by Gasteiger charge is -2.38. The number of rotatable bonds is 5. The molecule has 174 valence electrons. The third kappa shape index (κ3) is 4.95. The number of carbonyl (C=O) groups is 1. The van der Waals surface area contributed by atoms with Crippen molar-refractivity contribution in [1.29, 1.82) is 0 Å². The van der Waals surface area contributed by atoms with Gasteiger partial charge in [0.15, 0.2) is 5.16 Å². The molecule has 4 heterocycles. The fraction of sp³-hybridized carbons (Fsp3) is 0.500. The van der Waals surface area contributed by atoms with Crippen LogP contribution < -0.4 is 0 Å². The van der Waals surface area contributed by atoms with Crippen LogP contribution in [0, 0.1) is 5.92 Å². The first-order valence-corrected chi connectivity index (χ1v) is 13.6. The summed E-state index contributed by atoms with van der Waals surface area (Å²) < 4.78 is 3.44. The van der Waals surface area contributed by atoms with E-state index in [1.807, 2.05) is 12.3 Å². The molecule has 2 aliphatic rings. The van der Waals surface area contributed by atoms with Crippen LogP contribution in [0.5, 0.6) is 0 Å². The molecule has 0 atom stereocenters. The Balaban J connectivity index is 1.17. The van der Waals surface area contributed by atoms with E-state index in [1.54, 1.807) is 18.0 Å². The molecule has 0 aliphatic carbocycles. The predicted molar refractivity (Wildman–Crippen MR) is 134 cm³/mol. The Hall–Kier alpha value is -1.97. The first-order chi connectivity index (χ1) is 16.1. The Bertz CT molecular complexity index is 1110. The maximum Gasteiger partial charge on any atom is 0.225 e. The van der Waals surface area contributed by atoms with Crippen molar-refractivity contribution in [3.8, 4) is 0 Å². The number of halogens is 1. The summed E-state index contributed by atoms with van der Waals surface area (Å²) in [5.41, 5.74) is 3.39. The van der Waals surface area contributed by atoms with Crippen molar-refractivity contribution in [3.05, 3.63) is 46.7 Å². The summed E-state index contributed by atoms with van der Waals surface area (Å²) >= 11 is 5.25. The van der Waals surface area contributed by atoms with Crippen molar-refractivity contribution in [3.63, 3.8) is 0 Å². The molecule has 0 N–H and O–H groups in total. The van der Waals surface area contributed by atoms with Crippen LogP contribution in [0.2, 0.25) is 0 Å². The van der Waals surface area contributed by atoms with Crippen molar-refractivity contribution >= 4 is 44.6 Å². The quantitative estimate of drug-likeness (QED) is 0.457. The number of hydrogen-bond acceptors (Lipinski definition) is 6. The molecule has 3 aromatic rings. The first-order valence-electron chi connectivity index (χ1n) is 11.6. The molecule has 5 rings (SSSR count). The fourth-order valence-corrected chi connectivity index (χ4v) is 6.14. The zero-order chi connectivity index (χ0) is 22.8. The van der Waals surface area contributed by atoms with Crippen LogP contribution in [-0.4, -0.2) is 67.9 Å². The summed E-state index contributed by atoms with van der Waals surface area (Å²) in [5.74, 6) is 0.504. The van der Waals surface area contributed by atoms with Gasteiger partial charge in [-0.25, -0.2) is 4.98 Å². The highest BCUT2D eigenvalue weighted by molar-refractivity contribution is 9.10. The van der Waals surface area contributed by atoms with Gasteiger partial charge in [-0.05, 0) is 74.9 Å². The molecule has 0 radical (unpaired) electrons. The molecule has 7 nitrogen and oxygen atoms in total. The highest BCUT2D eigenvalue weighted by atomic mass is 79.9. The van der Waals surface area contributed by atoms with E-state index < -0.39 is 0 Å². The summed E-state index contributed by atoms with van der Waals surface area (Å²) in [6, 6.07) is 8.72. The van der Waals surface area contributed by atoms with E-state index >= 15 is 0 Å². The van der Waals surface area contributed by atoms with Crippen LogP contribution in [0.1, 0.15) is 37.3 Å². The zero-order valence-electron chi connectivity index (χ0n) is 18.9. The number of benzene rings is 1. The average molecular weight is 530 g/mol. The van der Waals surface area contributed by atoms with Gasteiger partial charge in [0.1, 0.15) is 0 Å². The Labute approximate surface area is 207 Å². The fourth-order valence-electron chi connectivity index (χ4n) is 5.16. The normalized spacial score (nSPS) is 18.8. The number of carbonyl (C=O) groups excluding carboxylic acids is 1. The summed E-state index contributed by atoms with van der Waals surface area (Å²) in [6.07, 6.45) is 9.49. The van der Waals surface area contributed by atoms with Crippen molar-refractivity contribution in [1.82, 2.24) is 29.5 Å². The molecule has 1 amide bonds. The van der Waals surface area contributed by atoms with Gasteiger partial charge in [0, 0.05) is 42.3 Å². The second-order valence-corrected chi connectivity index (χ2v) is 10.6. The Morgan fingerprint density at radius 2 is 1.88 bits per heavy atom. The number of nitrogens with zero attached hydrogens (tertiary/aromatic N) is 6. The number of likely N-dealkylation sites (tertiary alicyclic amines) is 2. The van der Waals surface area contributed by atoms with E-state index in [0.29, 0.717) is 11.9 Å².